The molecule has 2 aromatic rings. The summed E-state index contributed by atoms with van der Waals surface area (Å²) in [6.07, 6.45) is -0.471. The van der Waals surface area contributed by atoms with Gasteiger partial charge in [-0.15, -0.1) is 0 Å². The van der Waals surface area contributed by atoms with Crippen LogP contribution < -0.4 is 10.1 Å². The quantitative estimate of drug-likeness (QED) is 0.823. The molecule has 1 aromatic carbocycles. The van der Waals surface area contributed by atoms with Crippen molar-refractivity contribution >= 4 is 0 Å². The minimum Gasteiger partial charge on any atom is -0.491 e. The van der Waals surface area contributed by atoms with Crippen molar-refractivity contribution in [3.8, 4) is 5.75 Å². The predicted octanol–water partition coefficient (Wildman–Crippen LogP) is 2.90. The molecule has 0 bridgehead atoms. The molecule has 2 N–H and O–H groups in total. The van der Waals surface area contributed by atoms with Gasteiger partial charge in [-0.05, 0) is 45.4 Å². The van der Waals surface area contributed by atoms with Crippen molar-refractivity contribution in [2.45, 2.75) is 46.4 Å². The van der Waals surface area contributed by atoms with Crippen molar-refractivity contribution in [3.05, 3.63) is 46.8 Å². The molecule has 2 rings (SSSR count). The fourth-order valence-electron chi connectivity index (χ4n) is 2.27. The Balaban J connectivity index is 1.91. The lowest BCUT2D eigenvalue weighted by Crippen LogP contribution is -2.21. The highest BCUT2D eigenvalue weighted by atomic mass is 16.5. The molecule has 1 heterocycles. The van der Waals surface area contributed by atoms with Crippen molar-refractivity contribution in [2.75, 3.05) is 6.54 Å². The fraction of sp³-hybridized carbons (Fsp3) is 0.471. The molecule has 0 aliphatic heterocycles. The van der Waals surface area contributed by atoms with Crippen LogP contribution in [-0.4, -0.2) is 22.9 Å². The number of benzene rings is 1. The molecule has 0 fully saturated rings. The number of rotatable bonds is 7. The summed E-state index contributed by atoms with van der Waals surface area (Å²) < 4.78 is 10.8. The van der Waals surface area contributed by atoms with Gasteiger partial charge in [0.05, 0.1) is 17.9 Å². The van der Waals surface area contributed by atoms with Crippen LogP contribution in [0.15, 0.2) is 28.8 Å². The normalized spacial score (nSPS) is 12.6. The molecule has 120 valence electrons. The van der Waals surface area contributed by atoms with Gasteiger partial charge in [0.15, 0.2) is 0 Å². The van der Waals surface area contributed by atoms with Gasteiger partial charge in [-0.2, -0.15) is 0 Å². The van der Waals surface area contributed by atoms with Crippen LogP contribution >= 0.6 is 0 Å². The van der Waals surface area contributed by atoms with E-state index >= 15 is 0 Å². The second-order valence-electron chi connectivity index (χ2n) is 5.69. The lowest BCUT2D eigenvalue weighted by Gasteiger charge is -2.15. The SMILES string of the molecule is Cc1noc(C)c1CNCC(O)c1cccc(OC(C)C)c1. The van der Waals surface area contributed by atoms with Gasteiger partial charge in [0.25, 0.3) is 0 Å². The Hall–Kier alpha value is -1.85. The Bertz CT molecular complexity index is 588. The molecule has 1 aromatic heterocycles. The van der Waals surface area contributed by atoms with Gasteiger partial charge in [-0.3, -0.25) is 0 Å². The molecule has 0 aliphatic rings. The Morgan fingerprint density at radius 2 is 2.09 bits per heavy atom. The van der Waals surface area contributed by atoms with Crippen molar-refractivity contribution in [1.29, 1.82) is 0 Å². The number of hydrogen-bond acceptors (Lipinski definition) is 5. The molecule has 5 heteroatoms. The molecule has 5 nitrogen and oxygen atoms in total. The van der Waals surface area contributed by atoms with Crippen molar-refractivity contribution in [2.24, 2.45) is 0 Å². The molecule has 22 heavy (non-hydrogen) atoms. The van der Waals surface area contributed by atoms with Crippen LogP contribution in [0, 0.1) is 13.8 Å². The zero-order chi connectivity index (χ0) is 16.1. The van der Waals surface area contributed by atoms with Crippen LogP contribution in [0.3, 0.4) is 0 Å². The highest BCUT2D eigenvalue weighted by molar-refractivity contribution is 5.30. The molecule has 0 aliphatic carbocycles. The van der Waals surface area contributed by atoms with E-state index in [9.17, 15) is 5.11 Å². The molecule has 0 saturated heterocycles. The molecular formula is C17H24N2O3. The highest BCUT2D eigenvalue weighted by Gasteiger charge is 2.11. The van der Waals surface area contributed by atoms with E-state index in [0.29, 0.717) is 13.1 Å². The standard InChI is InChI=1S/C17H24N2O3/c1-11(2)21-15-7-5-6-14(8-15)17(20)10-18-9-16-12(3)19-22-13(16)4/h5-8,11,17-18,20H,9-10H2,1-4H3. The van der Waals surface area contributed by atoms with E-state index in [0.717, 1.165) is 28.3 Å². The van der Waals surface area contributed by atoms with E-state index in [1.165, 1.54) is 0 Å². The second-order valence-corrected chi connectivity index (χ2v) is 5.69. The molecule has 0 radical (unpaired) electrons. The van der Waals surface area contributed by atoms with Crippen LogP contribution in [0.2, 0.25) is 0 Å². The maximum Gasteiger partial charge on any atom is 0.138 e. The summed E-state index contributed by atoms with van der Waals surface area (Å²) in [5.74, 6) is 1.59. The number of ether oxygens (including phenoxy) is 1. The lowest BCUT2D eigenvalue weighted by atomic mass is 10.1. The molecular weight excluding hydrogens is 280 g/mol. The summed E-state index contributed by atoms with van der Waals surface area (Å²) in [5, 5.41) is 17.4. The monoisotopic (exact) mass is 304 g/mol. The first-order valence-corrected chi connectivity index (χ1v) is 7.54. The number of nitrogens with one attached hydrogen (secondary N) is 1. The van der Waals surface area contributed by atoms with Gasteiger partial charge < -0.3 is 19.7 Å². The smallest absolute Gasteiger partial charge is 0.138 e. The van der Waals surface area contributed by atoms with Gasteiger partial charge in [0.2, 0.25) is 0 Å². The van der Waals surface area contributed by atoms with E-state index in [-0.39, 0.29) is 6.10 Å². The first-order chi connectivity index (χ1) is 10.5. The first-order valence-electron chi connectivity index (χ1n) is 7.54. The minimum atomic E-state index is -0.587. The van der Waals surface area contributed by atoms with Crippen molar-refractivity contribution < 1.29 is 14.4 Å². The average Bonchev–Trinajstić information content (AvgIpc) is 2.78. The Labute approximate surface area is 131 Å². The third-order valence-corrected chi connectivity index (χ3v) is 3.44. The topological polar surface area (TPSA) is 67.5 Å². The van der Waals surface area contributed by atoms with E-state index in [1.807, 2.05) is 52.0 Å². The van der Waals surface area contributed by atoms with Crippen molar-refractivity contribution in [3.63, 3.8) is 0 Å². The maximum atomic E-state index is 10.3. The number of aliphatic hydroxyl groups excluding tert-OH is 1. The predicted molar refractivity (Wildman–Crippen MR) is 84.8 cm³/mol. The van der Waals surface area contributed by atoms with Gasteiger partial charge in [0, 0.05) is 18.7 Å². The van der Waals surface area contributed by atoms with E-state index in [4.69, 9.17) is 9.26 Å². The van der Waals surface area contributed by atoms with Crippen LogP contribution in [0.1, 0.15) is 42.5 Å². The summed E-state index contributed by atoms with van der Waals surface area (Å²) in [5.41, 5.74) is 2.76. The highest BCUT2D eigenvalue weighted by Crippen LogP contribution is 2.20. The maximum absolute atomic E-state index is 10.3. The lowest BCUT2D eigenvalue weighted by molar-refractivity contribution is 0.173. The van der Waals surface area contributed by atoms with Crippen LogP contribution in [0.5, 0.6) is 5.75 Å². The van der Waals surface area contributed by atoms with Crippen LogP contribution in [0.25, 0.3) is 0 Å². The van der Waals surface area contributed by atoms with E-state index in [2.05, 4.69) is 10.5 Å². The van der Waals surface area contributed by atoms with Gasteiger partial charge in [-0.25, -0.2) is 0 Å². The molecule has 1 atom stereocenters. The Morgan fingerprint density at radius 1 is 1.32 bits per heavy atom. The Morgan fingerprint density at radius 3 is 2.73 bits per heavy atom. The number of aliphatic hydroxyl groups is 1. The summed E-state index contributed by atoms with van der Waals surface area (Å²) >= 11 is 0. The average molecular weight is 304 g/mol. The zero-order valence-corrected chi connectivity index (χ0v) is 13.6. The summed E-state index contributed by atoms with van der Waals surface area (Å²) in [7, 11) is 0. The van der Waals surface area contributed by atoms with Crippen LogP contribution in [-0.2, 0) is 6.54 Å². The number of aryl methyl sites for hydroxylation is 2. The first kappa shape index (κ1) is 16.5. The van der Waals surface area contributed by atoms with E-state index < -0.39 is 6.10 Å². The van der Waals surface area contributed by atoms with Crippen molar-refractivity contribution in [1.82, 2.24) is 10.5 Å². The largest absolute Gasteiger partial charge is 0.491 e. The number of hydrogen-bond donors (Lipinski definition) is 2. The minimum absolute atomic E-state index is 0.116. The molecule has 0 spiro atoms. The van der Waals surface area contributed by atoms with E-state index in [1.54, 1.807) is 0 Å². The third kappa shape index (κ3) is 4.32. The second kappa shape index (κ2) is 7.42. The molecule has 1 unspecified atom stereocenters. The zero-order valence-electron chi connectivity index (χ0n) is 13.6. The molecule has 0 amide bonds. The molecule has 0 saturated carbocycles. The Kier molecular flexibility index (Phi) is 5.57. The number of aromatic nitrogens is 1. The van der Waals surface area contributed by atoms with Gasteiger partial charge in [0.1, 0.15) is 11.5 Å². The number of nitrogens with zero attached hydrogens (tertiary/aromatic N) is 1. The third-order valence-electron chi connectivity index (χ3n) is 3.44. The summed E-state index contributed by atoms with van der Waals surface area (Å²) in [6.45, 7) is 8.84. The summed E-state index contributed by atoms with van der Waals surface area (Å²) in [4.78, 5) is 0. The summed E-state index contributed by atoms with van der Waals surface area (Å²) in [6, 6.07) is 7.57. The van der Waals surface area contributed by atoms with Crippen LogP contribution in [0.4, 0.5) is 0 Å². The van der Waals surface area contributed by atoms with Gasteiger partial charge >= 0.3 is 0 Å². The fourth-order valence-corrected chi connectivity index (χ4v) is 2.27. The van der Waals surface area contributed by atoms with Gasteiger partial charge in [-0.1, -0.05) is 17.3 Å².